The van der Waals surface area contributed by atoms with Gasteiger partial charge in [-0.3, -0.25) is 0 Å². The van der Waals surface area contributed by atoms with Crippen molar-refractivity contribution in [3.8, 4) is 5.75 Å². The topological polar surface area (TPSA) is 21.3 Å². The van der Waals surface area contributed by atoms with Gasteiger partial charge < -0.3 is 10.1 Å². The Kier molecular flexibility index (Phi) is 5.19. The van der Waals surface area contributed by atoms with Crippen LogP contribution in [0.3, 0.4) is 0 Å². The van der Waals surface area contributed by atoms with E-state index in [2.05, 4.69) is 55.6 Å². The summed E-state index contributed by atoms with van der Waals surface area (Å²) in [5.74, 6) is 0.933. The van der Waals surface area contributed by atoms with Crippen LogP contribution in [-0.2, 0) is 0 Å². The van der Waals surface area contributed by atoms with Crippen LogP contribution in [0.15, 0.2) is 48.5 Å². The maximum atomic E-state index is 5.52. The van der Waals surface area contributed by atoms with E-state index >= 15 is 0 Å². The van der Waals surface area contributed by atoms with E-state index in [0.717, 1.165) is 18.7 Å². The second-order valence-corrected chi connectivity index (χ2v) is 5.04. The molecule has 2 rings (SSSR count). The molecule has 0 radical (unpaired) electrons. The molecule has 2 aromatic carbocycles. The highest BCUT2D eigenvalue weighted by molar-refractivity contribution is 5.42. The molecule has 0 saturated carbocycles. The summed E-state index contributed by atoms with van der Waals surface area (Å²) in [6.45, 7) is 5.29. The van der Waals surface area contributed by atoms with Crippen molar-refractivity contribution in [2.24, 2.45) is 0 Å². The summed E-state index contributed by atoms with van der Waals surface area (Å²) in [6.07, 6.45) is 1.11. The SMILES string of the molecule is CCCNC(c1cccc(C)c1)c1ccccc1OC. The molecule has 1 N–H and O–H groups in total. The lowest BCUT2D eigenvalue weighted by Crippen LogP contribution is -2.23. The van der Waals surface area contributed by atoms with Crippen LogP contribution in [0.2, 0.25) is 0 Å². The van der Waals surface area contributed by atoms with Gasteiger partial charge in [0.15, 0.2) is 0 Å². The minimum atomic E-state index is 0.172. The zero-order valence-corrected chi connectivity index (χ0v) is 12.5. The van der Waals surface area contributed by atoms with Gasteiger partial charge in [0, 0.05) is 5.56 Å². The molecular weight excluding hydrogens is 246 g/mol. The summed E-state index contributed by atoms with van der Waals surface area (Å²) in [6, 6.07) is 17.0. The number of rotatable bonds is 6. The third-order valence-corrected chi connectivity index (χ3v) is 3.42. The lowest BCUT2D eigenvalue weighted by Gasteiger charge is -2.22. The van der Waals surface area contributed by atoms with Crippen LogP contribution in [-0.4, -0.2) is 13.7 Å². The summed E-state index contributed by atoms with van der Waals surface area (Å²) in [5.41, 5.74) is 3.75. The Morgan fingerprint density at radius 1 is 1.10 bits per heavy atom. The van der Waals surface area contributed by atoms with Gasteiger partial charge in [0.2, 0.25) is 0 Å². The van der Waals surface area contributed by atoms with Gasteiger partial charge in [-0.15, -0.1) is 0 Å². The van der Waals surface area contributed by atoms with Gasteiger partial charge in [-0.25, -0.2) is 0 Å². The van der Waals surface area contributed by atoms with Crippen LogP contribution in [0.5, 0.6) is 5.75 Å². The van der Waals surface area contributed by atoms with Crippen LogP contribution in [0.1, 0.15) is 36.1 Å². The molecule has 2 nitrogen and oxygen atoms in total. The van der Waals surface area contributed by atoms with Gasteiger partial charge in [-0.05, 0) is 31.5 Å². The summed E-state index contributed by atoms with van der Waals surface area (Å²) in [7, 11) is 1.73. The summed E-state index contributed by atoms with van der Waals surface area (Å²) < 4.78 is 5.52. The van der Waals surface area contributed by atoms with Gasteiger partial charge in [0.05, 0.1) is 13.2 Å². The molecule has 0 spiro atoms. The van der Waals surface area contributed by atoms with E-state index in [4.69, 9.17) is 4.74 Å². The Morgan fingerprint density at radius 3 is 2.60 bits per heavy atom. The number of nitrogens with one attached hydrogen (secondary N) is 1. The van der Waals surface area contributed by atoms with Gasteiger partial charge in [-0.1, -0.05) is 55.0 Å². The normalized spacial score (nSPS) is 12.2. The van der Waals surface area contributed by atoms with Gasteiger partial charge in [-0.2, -0.15) is 0 Å². The first-order valence-corrected chi connectivity index (χ1v) is 7.19. The number of aryl methyl sites for hydroxylation is 1. The molecule has 106 valence electrons. The predicted octanol–water partition coefficient (Wildman–Crippen LogP) is 4.09. The standard InChI is InChI=1S/C18H23NO/c1-4-12-19-18(15-9-7-8-14(2)13-15)16-10-5-6-11-17(16)20-3/h5-11,13,18-19H,4,12H2,1-3H3. The highest BCUT2D eigenvalue weighted by Gasteiger charge is 2.17. The molecule has 0 bridgehead atoms. The van der Waals surface area contributed by atoms with Crippen LogP contribution < -0.4 is 10.1 Å². The Labute approximate surface area is 121 Å². The Hall–Kier alpha value is -1.80. The molecule has 0 saturated heterocycles. The van der Waals surface area contributed by atoms with Crippen molar-refractivity contribution in [1.29, 1.82) is 0 Å². The molecule has 0 fully saturated rings. The first-order chi connectivity index (χ1) is 9.76. The molecule has 0 aliphatic rings. The lowest BCUT2D eigenvalue weighted by molar-refractivity contribution is 0.404. The quantitative estimate of drug-likeness (QED) is 0.852. The van der Waals surface area contributed by atoms with Crippen LogP contribution in [0, 0.1) is 6.92 Å². The van der Waals surface area contributed by atoms with Crippen molar-refractivity contribution in [1.82, 2.24) is 5.32 Å². The van der Waals surface area contributed by atoms with Crippen LogP contribution in [0.25, 0.3) is 0 Å². The Morgan fingerprint density at radius 2 is 1.90 bits per heavy atom. The number of ether oxygens (including phenoxy) is 1. The molecule has 2 heteroatoms. The van der Waals surface area contributed by atoms with Crippen molar-refractivity contribution in [3.05, 3.63) is 65.2 Å². The number of methoxy groups -OCH3 is 1. The highest BCUT2D eigenvalue weighted by atomic mass is 16.5. The third-order valence-electron chi connectivity index (χ3n) is 3.42. The maximum absolute atomic E-state index is 5.52. The van der Waals surface area contributed by atoms with E-state index in [9.17, 15) is 0 Å². The fraction of sp³-hybridized carbons (Fsp3) is 0.333. The molecule has 1 unspecified atom stereocenters. The summed E-state index contributed by atoms with van der Waals surface area (Å²) in [4.78, 5) is 0. The van der Waals surface area contributed by atoms with E-state index in [1.807, 2.05) is 12.1 Å². The van der Waals surface area contributed by atoms with Gasteiger partial charge in [0.25, 0.3) is 0 Å². The van der Waals surface area contributed by atoms with E-state index in [1.54, 1.807) is 7.11 Å². The molecule has 0 amide bonds. The van der Waals surface area contributed by atoms with E-state index in [1.165, 1.54) is 16.7 Å². The fourth-order valence-corrected chi connectivity index (χ4v) is 2.45. The van der Waals surface area contributed by atoms with Crippen molar-refractivity contribution in [2.45, 2.75) is 26.3 Å². The molecule has 0 aromatic heterocycles. The number of hydrogen-bond donors (Lipinski definition) is 1. The Bertz CT molecular complexity index is 551. The predicted molar refractivity (Wildman–Crippen MR) is 84.3 cm³/mol. The third kappa shape index (κ3) is 3.40. The monoisotopic (exact) mass is 269 g/mol. The van der Waals surface area contributed by atoms with Gasteiger partial charge in [0.1, 0.15) is 5.75 Å². The second kappa shape index (κ2) is 7.11. The molecule has 0 aliphatic carbocycles. The van der Waals surface area contributed by atoms with Crippen LogP contribution >= 0.6 is 0 Å². The minimum Gasteiger partial charge on any atom is -0.496 e. The number of benzene rings is 2. The van der Waals surface area contributed by atoms with E-state index in [0.29, 0.717) is 0 Å². The molecule has 1 atom stereocenters. The average molecular weight is 269 g/mol. The fourth-order valence-electron chi connectivity index (χ4n) is 2.45. The van der Waals surface area contributed by atoms with Crippen molar-refractivity contribution < 1.29 is 4.74 Å². The lowest BCUT2D eigenvalue weighted by atomic mass is 9.96. The van der Waals surface area contributed by atoms with Crippen molar-refractivity contribution >= 4 is 0 Å². The van der Waals surface area contributed by atoms with Crippen LogP contribution in [0.4, 0.5) is 0 Å². The Balaban J connectivity index is 2.41. The number of para-hydroxylation sites is 1. The highest BCUT2D eigenvalue weighted by Crippen LogP contribution is 2.30. The first kappa shape index (κ1) is 14.6. The number of hydrogen-bond acceptors (Lipinski definition) is 2. The first-order valence-electron chi connectivity index (χ1n) is 7.19. The molecule has 2 aromatic rings. The average Bonchev–Trinajstić information content (AvgIpc) is 2.48. The smallest absolute Gasteiger partial charge is 0.123 e. The molecule has 0 aliphatic heterocycles. The van der Waals surface area contributed by atoms with Gasteiger partial charge >= 0.3 is 0 Å². The summed E-state index contributed by atoms with van der Waals surface area (Å²) >= 11 is 0. The zero-order chi connectivity index (χ0) is 14.4. The molecular formula is C18H23NO. The molecule has 20 heavy (non-hydrogen) atoms. The van der Waals surface area contributed by atoms with E-state index in [-0.39, 0.29) is 6.04 Å². The molecule has 0 heterocycles. The second-order valence-electron chi connectivity index (χ2n) is 5.04. The minimum absolute atomic E-state index is 0.172. The van der Waals surface area contributed by atoms with Crippen molar-refractivity contribution in [3.63, 3.8) is 0 Å². The zero-order valence-electron chi connectivity index (χ0n) is 12.5. The summed E-state index contributed by atoms with van der Waals surface area (Å²) in [5, 5.41) is 3.62. The largest absolute Gasteiger partial charge is 0.496 e. The van der Waals surface area contributed by atoms with Crippen molar-refractivity contribution in [2.75, 3.05) is 13.7 Å². The van der Waals surface area contributed by atoms with E-state index < -0.39 is 0 Å². The maximum Gasteiger partial charge on any atom is 0.123 e.